The predicted molar refractivity (Wildman–Crippen MR) is 131 cm³/mol. The Morgan fingerprint density at radius 3 is 1.91 bits per heavy atom. The van der Waals surface area contributed by atoms with Gasteiger partial charge in [0.15, 0.2) is 0 Å². The Hall–Kier alpha value is -2.48. The number of fused-ring (bicyclic) bond motifs is 1. The molecular weight excluding hydrogens is 488 g/mol. The van der Waals surface area contributed by atoms with Crippen molar-refractivity contribution in [3.8, 4) is 0 Å². The van der Waals surface area contributed by atoms with Crippen molar-refractivity contribution in [1.29, 1.82) is 0 Å². The van der Waals surface area contributed by atoms with Crippen LogP contribution >= 0.6 is 0 Å². The van der Waals surface area contributed by atoms with E-state index < -0.39 is 0 Å². The molecule has 4 aliphatic rings. The molecule has 0 N–H and O–H groups in total. The number of allylic oxidation sites excluding steroid dienone is 12. The fourth-order valence-electron chi connectivity index (χ4n) is 4.25. The van der Waals surface area contributed by atoms with Crippen molar-refractivity contribution in [3.05, 3.63) is 149 Å². The molecule has 1 atom stereocenters. The van der Waals surface area contributed by atoms with Gasteiger partial charge in [-0.1, -0.05) is 54.7 Å². The molecule has 1 fully saturated rings. The molecular formula is C29H29Fe2N2+. The van der Waals surface area contributed by atoms with Crippen molar-refractivity contribution < 1.29 is 34.1 Å². The van der Waals surface area contributed by atoms with Crippen LogP contribution in [0.3, 0.4) is 0 Å². The molecule has 1 heterocycles. The van der Waals surface area contributed by atoms with E-state index in [9.17, 15) is 0 Å². The largest absolute Gasteiger partial charge is 2.00 e. The number of nitrogens with zero attached hydrogens (tertiary/aromatic N) is 2. The van der Waals surface area contributed by atoms with Gasteiger partial charge in [-0.2, -0.15) is 36.4 Å². The molecule has 1 aliphatic heterocycles. The van der Waals surface area contributed by atoms with Crippen molar-refractivity contribution in [2.75, 3.05) is 7.05 Å². The van der Waals surface area contributed by atoms with Gasteiger partial charge in [0.2, 0.25) is 0 Å². The molecule has 0 aromatic heterocycles. The number of rotatable bonds is 1. The number of hydrogen-bond acceptors (Lipinski definition) is 1. The van der Waals surface area contributed by atoms with Crippen LogP contribution in [0.25, 0.3) is 5.43 Å². The summed E-state index contributed by atoms with van der Waals surface area (Å²) in [6.45, 7) is 0. The molecule has 0 radical (unpaired) electrons. The minimum atomic E-state index is 0. The molecule has 33 heavy (non-hydrogen) atoms. The Morgan fingerprint density at radius 1 is 0.848 bits per heavy atom. The predicted octanol–water partition coefficient (Wildman–Crippen LogP) is 7.51. The minimum Gasteiger partial charge on any atom is -0.598 e. The third kappa shape index (κ3) is 7.25. The smallest absolute Gasteiger partial charge is 0.598 e. The Morgan fingerprint density at radius 2 is 1.39 bits per heavy atom. The molecule has 2 aromatic rings. The van der Waals surface area contributed by atoms with Gasteiger partial charge in [0.05, 0.1) is 0 Å². The maximum atomic E-state index is 4.83. The molecule has 2 nitrogen and oxygen atoms in total. The molecule has 170 valence electrons. The second-order valence-corrected chi connectivity index (χ2v) is 7.82. The van der Waals surface area contributed by atoms with Gasteiger partial charge in [-0.3, -0.25) is 0 Å². The van der Waals surface area contributed by atoms with Crippen LogP contribution in [-0.4, -0.2) is 12.1 Å². The van der Waals surface area contributed by atoms with Gasteiger partial charge in [-0.25, -0.2) is 24.3 Å². The second kappa shape index (κ2) is 13.9. The van der Waals surface area contributed by atoms with E-state index in [1.807, 2.05) is 60.7 Å². The summed E-state index contributed by atoms with van der Waals surface area (Å²) in [5.41, 5.74) is 11.5. The zero-order chi connectivity index (χ0) is 21.3. The maximum absolute atomic E-state index is 4.83. The molecule has 6 rings (SSSR count). The van der Waals surface area contributed by atoms with Gasteiger partial charge in [-0.05, 0) is 43.0 Å². The Bertz CT molecular complexity index is 957. The van der Waals surface area contributed by atoms with E-state index in [1.54, 1.807) is 0 Å². The topological polar surface area (TPSA) is 17.3 Å². The van der Waals surface area contributed by atoms with Crippen LogP contribution in [0.15, 0.2) is 143 Å². The Kier molecular flexibility index (Phi) is 11.3. The van der Waals surface area contributed by atoms with E-state index in [-0.39, 0.29) is 34.1 Å². The van der Waals surface area contributed by atoms with Gasteiger partial charge in [-0.15, -0.1) is 5.70 Å². The maximum Gasteiger partial charge on any atom is 2.00 e. The van der Waals surface area contributed by atoms with Crippen LogP contribution in [0.1, 0.15) is 19.3 Å². The summed E-state index contributed by atoms with van der Waals surface area (Å²) in [6, 6.07) is 20.0. The molecule has 0 bridgehead atoms. The molecule has 4 heteroatoms. The standard InChI is InChI=1S/C19H19N2.2C5H5.2Fe/c1-21-19-16(13-14-7-2-3-8-14)11-6-12-17(19)18(20-21)15-9-4-5-10-15;2*1-2-4-5-3-1;;/h2-5,7-10,13,17H,6,11-12H2,1H3;2*1-5H;;/q3*-1;2*+2. The van der Waals surface area contributed by atoms with Crippen molar-refractivity contribution in [2.24, 2.45) is 5.92 Å². The first kappa shape index (κ1) is 26.8. The van der Waals surface area contributed by atoms with Crippen molar-refractivity contribution in [3.63, 3.8) is 0 Å². The number of hydrogen-bond donors (Lipinski definition) is 0. The van der Waals surface area contributed by atoms with Gasteiger partial charge in [0, 0.05) is 11.6 Å². The van der Waals surface area contributed by atoms with E-state index in [4.69, 9.17) is 5.43 Å². The molecule has 1 unspecified atom stereocenters. The van der Waals surface area contributed by atoms with Gasteiger partial charge < -0.3 is 10.4 Å². The first-order valence-corrected chi connectivity index (χ1v) is 11.0. The van der Waals surface area contributed by atoms with Crippen LogP contribution in [0, 0.1) is 5.92 Å². The van der Waals surface area contributed by atoms with Gasteiger partial charge >= 0.3 is 34.1 Å². The van der Waals surface area contributed by atoms with E-state index >= 15 is 0 Å². The fourth-order valence-corrected chi connectivity index (χ4v) is 4.25. The molecule has 0 spiro atoms. The first-order chi connectivity index (χ1) is 15.3. The second-order valence-electron chi connectivity index (χ2n) is 7.82. The van der Waals surface area contributed by atoms with Crippen LogP contribution in [0.5, 0.6) is 0 Å². The first-order valence-electron chi connectivity index (χ1n) is 11.0. The summed E-state index contributed by atoms with van der Waals surface area (Å²) in [5, 5.41) is 2.10. The third-order valence-corrected chi connectivity index (χ3v) is 5.63. The van der Waals surface area contributed by atoms with Gasteiger partial charge in [0.1, 0.15) is 0 Å². The molecule has 0 saturated carbocycles. The van der Waals surface area contributed by atoms with E-state index in [0.717, 1.165) is 6.42 Å². The molecule has 0 amide bonds. The molecule has 2 aromatic carbocycles. The van der Waals surface area contributed by atoms with Crippen LogP contribution in [-0.2, 0) is 34.1 Å². The summed E-state index contributed by atoms with van der Waals surface area (Å²) >= 11 is 0. The molecule has 1 saturated heterocycles. The summed E-state index contributed by atoms with van der Waals surface area (Å²) in [4.78, 5) is 0. The average Bonchev–Trinajstić information content (AvgIpc) is 3.63. The van der Waals surface area contributed by atoms with E-state index in [2.05, 4.69) is 66.7 Å². The summed E-state index contributed by atoms with van der Waals surface area (Å²) in [7, 11) is 2.09. The average molecular weight is 517 g/mol. The zero-order valence-electron chi connectivity index (χ0n) is 18.8. The Balaban J connectivity index is 0.000000267. The Labute approximate surface area is 219 Å². The summed E-state index contributed by atoms with van der Waals surface area (Å²) in [6.07, 6.45) is 23.0. The van der Waals surface area contributed by atoms with Crippen molar-refractivity contribution >= 4 is 0 Å². The van der Waals surface area contributed by atoms with E-state index in [0.29, 0.717) is 5.92 Å². The zero-order valence-corrected chi connectivity index (χ0v) is 21.0. The quantitative estimate of drug-likeness (QED) is 0.283. The third-order valence-electron chi connectivity index (χ3n) is 5.63. The fraction of sp³-hybridized carbons (Fsp3) is 0.172. The van der Waals surface area contributed by atoms with Crippen LogP contribution in [0.4, 0.5) is 0 Å². The van der Waals surface area contributed by atoms with Crippen LogP contribution < -0.4 is 0 Å². The van der Waals surface area contributed by atoms with Gasteiger partial charge in [0.25, 0.3) is 0 Å². The summed E-state index contributed by atoms with van der Waals surface area (Å²) < 4.78 is 0. The van der Waals surface area contributed by atoms with Crippen molar-refractivity contribution in [1.82, 2.24) is 5.01 Å². The monoisotopic (exact) mass is 517 g/mol. The minimum absolute atomic E-state index is 0. The normalized spacial score (nSPS) is 19.1. The summed E-state index contributed by atoms with van der Waals surface area (Å²) in [5.74, 6) is 0.465. The van der Waals surface area contributed by atoms with Crippen molar-refractivity contribution in [2.45, 2.75) is 19.3 Å². The van der Waals surface area contributed by atoms with Crippen LogP contribution in [0.2, 0.25) is 0 Å². The van der Waals surface area contributed by atoms with E-state index in [1.165, 1.54) is 41.0 Å². The molecule has 3 aliphatic carbocycles. The SMILES string of the molecule is CN1[N-]C(=C2C=CC=C2)C2CCCC(C=C3C=CC=C3)=C21.[Fe+2].[Fe+2].c1cc[cH-]c1.c1cc[cH-]c1.